The first-order chi connectivity index (χ1) is 11.5. The molecule has 0 aliphatic rings. The fourth-order valence-electron chi connectivity index (χ4n) is 3.28. The van der Waals surface area contributed by atoms with Crippen LogP contribution in [-0.4, -0.2) is 48.7 Å². The van der Waals surface area contributed by atoms with Crippen LogP contribution in [0.3, 0.4) is 0 Å². The first-order valence-electron chi connectivity index (χ1n) is 8.33. The van der Waals surface area contributed by atoms with Crippen molar-refractivity contribution in [2.75, 3.05) is 39.6 Å². The average molecular weight is 326 g/mol. The van der Waals surface area contributed by atoms with Crippen LogP contribution in [0.25, 0.3) is 21.8 Å². The van der Waals surface area contributed by atoms with Gasteiger partial charge >= 0.3 is 0 Å². The average Bonchev–Trinajstić information content (AvgIpc) is 2.87. The van der Waals surface area contributed by atoms with Gasteiger partial charge in [0.15, 0.2) is 0 Å². The van der Waals surface area contributed by atoms with Crippen LogP contribution in [0.15, 0.2) is 24.4 Å². The minimum Gasteiger partial charge on any atom is -0.497 e. The second-order valence-electron chi connectivity index (χ2n) is 6.54. The molecule has 0 aliphatic heterocycles. The zero-order valence-corrected chi connectivity index (χ0v) is 15.2. The highest BCUT2D eigenvalue weighted by atomic mass is 16.5. The Balaban J connectivity index is 2.09. The maximum Gasteiger partial charge on any atom is 0.136 e. The molecule has 5 nitrogen and oxygen atoms in total. The second-order valence-corrected chi connectivity index (χ2v) is 6.54. The zero-order valence-electron chi connectivity index (χ0n) is 15.2. The molecule has 0 fully saturated rings. The van der Waals surface area contributed by atoms with E-state index in [1.54, 1.807) is 7.11 Å². The number of aromatic nitrogens is 2. The number of hydrogen-bond donors (Lipinski definition) is 1. The third-order valence-electron chi connectivity index (χ3n) is 4.48. The van der Waals surface area contributed by atoms with E-state index in [1.165, 1.54) is 27.4 Å². The minimum atomic E-state index is 0.870. The van der Waals surface area contributed by atoms with E-state index in [9.17, 15) is 0 Å². The summed E-state index contributed by atoms with van der Waals surface area (Å²) in [5.41, 5.74) is 3.60. The molecule has 128 valence electrons. The van der Waals surface area contributed by atoms with Crippen LogP contribution in [-0.2, 0) is 7.05 Å². The largest absolute Gasteiger partial charge is 0.497 e. The molecule has 2 aromatic heterocycles. The van der Waals surface area contributed by atoms with Gasteiger partial charge in [-0.25, -0.2) is 4.98 Å². The van der Waals surface area contributed by atoms with Gasteiger partial charge in [-0.2, -0.15) is 0 Å². The molecule has 24 heavy (non-hydrogen) atoms. The first kappa shape index (κ1) is 16.6. The van der Waals surface area contributed by atoms with Crippen LogP contribution in [0.5, 0.6) is 5.75 Å². The fraction of sp³-hybridized carbons (Fsp3) is 0.421. The monoisotopic (exact) mass is 326 g/mol. The molecule has 0 saturated carbocycles. The van der Waals surface area contributed by atoms with E-state index in [4.69, 9.17) is 4.74 Å². The number of nitrogens with zero attached hydrogens (tertiary/aromatic N) is 3. The van der Waals surface area contributed by atoms with Crippen molar-refractivity contribution in [3.8, 4) is 5.75 Å². The van der Waals surface area contributed by atoms with E-state index in [-0.39, 0.29) is 0 Å². The molecule has 0 saturated heterocycles. The number of rotatable bonds is 6. The fourth-order valence-corrected chi connectivity index (χ4v) is 3.28. The van der Waals surface area contributed by atoms with Crippen LogP contribution >= 0.6 is 0 Å². The van der Waals surface area contributed by atoms with E-state index in [0.29, 0.717) is 0 Å². The van der Waals surface area contributed by atoms with Crippen LogP contribution in [0.2, 0.25) is 0 Å². The van der Waals surface area contributed by atoms with E-state index >= 15 is 0 Å². The Morgan fingerprint density at radius 2 is 2.08 bits per heavy atom. The van der Waals surface area contributed by atoms with Crippen molar-refractivity contribution < 1.29 is 4.74 Å². The maximum atomic E-state index is 5.42. The summed E-state index contributed by atoms with van der Waals surface area (Å²) in [7, 11) is 8.01. The summed E-state index contributed by atoms with van der Waals surface area (Å²) in [6, 6.07) is 6.22. The highest BCUT2D eigenvalue weighted by Gasteiger charge is 2.15. The summed E-state index contributed by atoms with van der Waals surface area (Å²) >= 11 is 0. The van der Waals surface area contributed by atoms with Crippen LogP contribution in [0.1, 0.15) is 12.0 Å². The third kappa shape index (κ3) is 2.91. The summed E-state index contributed by atoms with van der Waals surface area (Å²) < 4.78 is 7.66. The van der Waals surface area contributed by atoms with E-state index < -0.39 is 0 Å². The lowest BCUT2D eigenvalue weighted by atomic mass is 10.1. The van der Waals surface area contributed by atoms with Gasteiger partial charge in [0.2, 0.25) is 0 Å². The number of benzene rings is 1. The number of methoxy groups -OCH3 is 1. The predicted molar refractivity (Wildman–Crippen MR) is 101 cm³/mol. The maximum absolute atomic E-state index is 5.42. The van der Waals surface area contributed by atoms with Crippen LogP contribution < -0.4 is 10.1 Å². The number of pyridine rings is 1. The molecule has 0 bridgehead atoms. The van der Waals surface area contributed by atoms with Crippen molar-refractivity contribution in [3.63, 3.8) is 0 Å². The SMILES string of the molecule is COc1ccc2c(c1)c1c(NCCCN(C)C)ncc(C)c1n2C. The lowest BCUT2D eigenvalue weighted by Gasteiger charge is -2.12. The molecule has 2 heterocycles. The molecule has 0 spiro atoms. The standard InChI is InChI=1S/C19H26N4O/c1-13-12-21-19(20-9-6-10-22(2)3)17-15-11-14(24-5)7-8-16(15)23(4)18(13)17/h7-8,11-12H,6,9-10H2,1-5H3,(H,20,21). The molecule has 3 aromatic rings. The Morgan fingerprint density at radius 3 is 2.79 bits per heavy atom. The van der Waals surface area contributed by atoms with E-state index in [2.05, 4.69) is 60.0 Å². The van der Waals surface area contributed by atoms with Gasteiger partial charge in [-0.3, -0.25) is 0 Å². The smallest absolute Gasteiger partial charge is 0.136 e. The van der Waals surface area contributed by atoms with Crippen molar-refractivity contribution in [3.05, 3.63) is 30.0 Å². The van der Waals surface area contributed by atoms with Crippen LogP contribution in [0, 0.1) is 6.92 Å². The van der Waals surface area contributed by atoms with Crippen molar-refractivity contribution in [2.45, 2.75) is 13.3 Å². The molecular weight excluding hydrogens is 300 g/mol. The van der Waals surface area contributed by atoms with E-state index in [1.807, 2.05) is 12.3 Å². The Hall–Kier alpha value is -2.27. The van der Waals surface area contributed by atoms with Gasteiger partial charge in [0.1, 0.15) is 11.6 Å². The van der Waals surface area contributed by atoms with Gasteiger partial charge in [-0.1, -0.05) is 0 Å². The highest BCUT2D eigenvalue weighted by molar-refractivity contribution is 6.14. The number of aryl methyl sites for hydroxylation is 2. The van der Waals surface area contributed by atoms with Crippen LogP contribution in [0.4, 0.5) is 5.82 Å². The Morgan fingerprint density at radius 1 is 1.29 bits per heavy atom. The molecular formula is C19H26N4O. The van der Waals surface area contributed by atoms with Gasteiger partial charge < -0.3 is 19.5 Å². The summed E-state index contributed by atoms with van der Waals surface area (Å²) in [6.07, 6.45) is 3.03. The minimum absolute atomic E-state index is 0.870. The molecule has 3 rings (SSSR count). The lowest BCUT2D eigenvalue weighted by Crippen LogP contribution is -2.16. The predicted octanol–water partition coefficient (Wildman–Crippen LogP) is 3.41. The van der Waals surface area contributed by atoms with Gasteiger partial charge in [0.25, 0.3) is 0 Å². The highest BCUT2D eigenvalue weighted by Crippen LogP contribution is 2.36. The molecule has 5 heteroatoms. The number of hydrogen-bond acceptors (Lipinski definition) is 4. The number of anilines is 1. The van der Waals surface area contributed by atoms with Crippen molar-refractivity contribution in [2.24, 2.45) is 7.05 Å². The van der Waals surface area contributed by atoms with Gasteiger partial charge in [-0.05, 0) is 57.7 Å². The zero-order chi connectivity index (χ0) is 17.3. The topological polar surface area (TPSA) is 42.3 Å². The quantitative estimate of drug-likeness (QED) is 0.705. The molecule has 0 amide bonds. The van der Waals surface area contributed by atoms with Crippen molar-refractivity contribution in [1.82, 2.24) is 14.5 Å². The Kier molecular flexibility index (Phi) is 4.62. The van der Waals surface area contributed by atoms with Crippen molar-refractivity contribution >= 4 is 27.6 Å². The third-order valence-corrected chi connectivity index (χ3v) is 4.48. The second kappa shape index (κ2) is 6.69. The van der Waals surface area contributed by atoms with Crippen molar-refractivity contribution in [1.29, 1.82) is 0 Å². The summed E-state index contributed by atoms with van der Waals surface area (Å²) in [5.74, 6) is 1.82. The number of fused-ring (bicyclic) bond motifs is 3. The van der Waals surface area contributed by atoms with Gasteiger partial charge in [0, 0.05) is 30.7 Å². The molecule has 0 aliphatic carbocycles. The Bertz CT molecular complexity index is 867. The molecule has 0 radical (unpaired) electrons. The first-order valence-corrected chi connectivity index (χ1v) is 8.33. The molecule has 0 unspecified atom stereocenters. The Labute approximate surface area is 143 Å². The molecule has 0 atom stereocenters. The summed E-state index contributed by atoms with van der Waals surface area (Å²) in [5, 5.41) is 5.88. The van der Waals surface area contributed by atoms with Gasteiger partial charge in [0.05, 0.1) is 18.0 Å². The summed E-state index contributed by atoms with van der Waals surface area (Å²) in [4.78, 5) is 6.86. The van der Waals surface area contributed by atoms with Gasteiger partial charge in [-0.15, -0.1) is 0 Å². The number of nitrogens with one attached hydrogen (secondary N) is 1. The molecule has 1 aromatic carbocycles. The summed E-state index contributed by atoms with van der Waals surface area (Å²) in [6.45, 7) is 4.08. The van der Waals surface area contributed by atoms with E-state index in [0.717, 1.165) is 31.1 Å². The molecule has 1 N–H and O–H groups in total. The number of ether oxygens (including phenoxy) is 1. The normalized spacial score (nSPS) is 11.6. The lowest BCUT2D eigenvalue weighted by molar-refractivity contribution is 0.405.